The summed E-state index contributed by atoms with van der Waals surface area (Å²) in [5.74, 6) is 0.142. The zero-order valence-corrected chi connectivity index (χ0v) is 12.4. The number of carbonyl (C=O) groups excluding carboxylic acids is 1. The summed E-state index contributed by atoms with van der Waals surface area (Å²) in [4.78, 5) is 20.8. The summed E-state index contributed by atoms with van der Waals surface area (Å²) >= 11 is 3.26. The highest BCUT2D eigenvalue weighted by molar-refractivity contribution is 9.10. The molecule has 0 saturated heterocycles. The van der Waals surface area contributed by atoms with E-state index in [1.165, 1.54) is 20.3 Å². The van der Waals surface area contributed by atoms with Crippen LogP contribution in [0.1, 0.15) is 5.56 Å². The summed E-state index contributed by atoms with van der Waals surface area (Å²) in [7, 11) is 2.68. The topological polar surface area (TPSA) is 87.9 Å². The number of methoxy groups -OCH3 is 2. The third kappa shape index (κ3) is 4.54. The normalized spacial score (nSPS) is 10.3. The second-order valence-corrected chi connectivity index (χ2v) is 4.34. The fraction of sp³-hybridized carbons (Fsp3) is 0.250. The fourth-order valence-corrected chi connectivity index (χ4v) is 1.74. The Bertz CT molecular complexity index is 543. The Morgan fingerprint density at radius 3 is 2.65 bits per heavy atom. The van der Waals surface area contributed by atoms with Gasteiger partial charge in [0.2, 0.25) is 6.20 Å². The molecule has 0 aliphatic heterocycles. The highest BCUT2D eigenvalue weighted by Gasteiger charge is 2.11. The van der Waals surface area contributed by atoms with Gasteiger partial charge >= 0.3 is 5.97 Å². The Morgan fingerprint density at radius 2 is 2.10 bits per heavy atom. The SMILES string of the molecule is COC(=O)COc1cc(Br)c(C=C[N+](=O)[O-])cc1OC. The van der Waals surface area contributed by atoms with Crippen molar-refractivity contribution in [3.05, 3.63) is 38.5 Å². The number of esters is 1. The molecule has 0 heterocycles. The Balaban J connectivity index is 3.00. The minimum absolute atomic E-state index is 0.261. The molecule has 1 rings (SSSR count). The first-order valence-electron chi connectivity index (χ1n) is 5.36. The molecule has 1 aromatic carbocycles. The smallest absolute Gasteiger partial charge is 0.343 e. The van der Waals surface area contributed by atoms with Crippen molar-refractivity contribution in [1.82, 2.24) is 0 Å². The molecule has 1 aromatic rings. The fourth-order valence-electron chi connectivity index (χ4n) is 1.29. The summed E-state index contributed by atoms with van der Waals surface area (Å²) in [6.45, 7) is -0.261. The van der Waals surface area contributed by atoms with Gasteiger partial charge in [-0.2, -0.15) is 0 Å². The third-order valence-corrected chi connectivity index (χ3v) is 2.92. The van der Waals surface area contributed by atoms with Crippen molar-refractivity contribution in [2.75, 3.05) is 20.8 Å². The molecule has 0 radical (unpaired) electrons. The zero-order chi connectivity index (χ0) is 15.1. The lowest BCUT2D eigenvalue weighted by Crippen LogP contribution is -2.13. The van der Waals surface area contributed by atoms with Crippen LogP contribution in [0.4, 0.5) is 0 Å². The molecule has 0 aliphatic rings. The first-order valence-corrected chi connectivity index (χ1v) is 6.16. The van der Waals surface area contributed by atoms with Crippen molar-refractivity contribution in [2.24, 2.45) is 0 Å². The number of nitrogens with zero attached hydrogens (tertiary/aromatic N) is 1. The van der Waals surface area contributed by atoms with Gasteiger partial charge in [0, 0.05) is 10.5 Å². The van der Waals surface area contributed by atoms with E-state index in [9.17, 15) is 14.9 Å². The quantitative estimate of drug-likeness (QED) is 0.446. The van der Waals surface area contributed by atoms with Gasteiger partial charge < -0.3 is 14.2 Å². The summed E-state index contributed by atoms with van der Waals surface area (Å²) in [5.41, 5.74) is 0.545. The predicted octanol–water partition coefficient (Wildman–Crippen LogP) is 2.26. The van der Waals surface area contributed by atoms with Crippen molar-refractivity contribution in [3.8, 4) is 11.5 Å². The first-order chi connectivity index (χ1) is 9.47. The largest absolute Gasteiger partial charge is 0.493 e. The van der Waals surface area contributed by atoms with Crippen molar-refractivity contribution in [3.63, 3.8) is 0 Å². The maximum absolute atomic E-state index is 11.0. The van der Waals surface area contributed by atoms with Gasteiger partial charge in [0.05, 0.1) is 19.1 Å². The molecule has 7 nitrogen and oxygen atoms in total. The van der Waals surface area contributed by atoms with Crippen molar-refractivity contribution in [1.29, 1.82) is 0 Å². The molecular weight excluding hydrogens is 334 g/mol. The summed E-state index contributed by atoms with van der Waals surface area (Å²) in [6, 6.07) is 3.11. The van der Waals surface area contributed by atoms with Crippen LogP contribution in [0.5, 0.6) is 11.5 Å². The van der Waals surface area contributed by atoms with Gasteiger partial charge in [-0.1, -0.05) is 15.9 Å². The van der Waals surface area contributed by atoms with E-state index in [4.69, 9.17) is 9.47 Å². The third-order valence-electron chi connectivity index (χ3n) is 2.23. The average Bonchev–Trinajstić information content (AvgIpc) is 2.43. The van der Waals surface area contributed by atoms with Gasteiger partial charge in [-0.05, 0) is 17.7 Å². The van der Waals surface area contributed by atoms with Crippen LogP contribution >= 0.6 is 15.9 Å². The van der Waals surface area contributed by atoms with Crippen LogP contribution in [0.2, 0.25) is 0 Å². The first kappa shape index (κ1) is 16.0. The van der Waals surface area contributed by atoms with Gasteiger partial charge in [-0.25, -0.2) is 4.79 Å². The molecule has 0 aromatic heterocycles. The number of halogens is 1. The summed E-state index contributed by atoms with van der Waals surface area (Å²) in [5, 5.41) is 10.3. The number of benzene rings is 1. The number of hydrogen-bond donors (Lipinski definition) is 0. The van der Waals surface area contributed by atoms with Gasteiger partial charge in [-0.3, -0.25) is 10.1 Å². The Labute approximate surface area is 123 Å². The maximum atomic E-state index is 11.0. The molecular formula is C12H12BrNO6. The van der Waals surface area contributed by atoms with Crippen LogP contribution in [-0.4, -0.2) is 31.7 Å². The van der Waals surface area contributed by atoms with E-state index < -0.39 is 10.9 Å². The lowest BCUT2D eigenvalue weighted by Gasteiger charge is -2.11. The number of carbonyl (C=O) groups is 1. The highest BCUT2D eigenvalue weighted by atomic mass is 79.9. The standard InChI is InChI=1S/C12H12BrNO6/c1-18-10-5-8(3-4-14(16)17)9(13)6-11(10)20-7-12(15)19-2/h3-6H,7H2,1-2H3. The molecule has 0 bridgehead atoms. The number of nitro groups is 1. The molecule has 0 fully saturated rings. The summed E-state index contributed by atoms with van der Waals surface area (Å²) < 4.78 is 15.4. The second kappa shape index (κ2) is 7.49. The van der Waals surface area contributed by atoms with Gasteiger partial charge in [0.25, 0.3) is 0 Å². The van der Waals surface area contributed by atoms with Gasteiger partial charge in [-0.15, -0.1) is 0 Å². The van der Waals surface area contributed by atoms with E-state index in [2.05, 4.69) is 20.7 Å². The van der Waals surface area contributed by atoms with E-state index in [0.29, 0.717) is 21.5 Å². The molecule has 0 saturated carbocycles. The Kier molecular flexibility index (Phi) is 5.98. The predicted molar refractivity (Wildman–Crippen MR) is 74.2 cm³/mol. The lowest BCUT2D eigenvalue weighted by molar-refractivity contribution is -0.400. The van der Waals surface area contributed by atoms with Crippen LogP contribution in [0, 0.1) is 10.1 Å². The minimum atomic E-state index is -0.569. The molecule has 0 atom stereocenters. The van der Waals surface area contributed by atoms with Crippen LogP contribution in [0.15, 0.2) is 22.8 Å². The number of hydrogen-bond acceptors (Lipinski definition) is 6. The van der Waals surface area contributed by atoms with Crippen LogP contribution in [0.25, 0.3) is 6.08 Å². The minimum Gasteiger partial charge on any atom is -0.493 e. The number of ether oxygens (including phenoxy) is 3. The van der Waals surface area contributed by atoms with E-state index in [0.717, 1.165) is 6.20 Å². The van der Waals surface area contributed by atoms with Crippen LogP contribution in [-0.2, 0) is 9.53 Å². The maximum Gasteiger partial charge on any atom is 0.343 e. The van der Waals surface area contributed by atoms with E-state index in [1.54, 1.807) is 12.1 Å². The van der Waals surface area contributed by atoms with E-state index in [1.807, 2.05) is 0 Å². The molecule has 20 heavy (non-hydrogen) atoms. The average molecular weight is 346 g/mol. The lowest BCUT2D eigenvalue weighted by atomic mass is 10.2. The molecule has 0 spiro atoms. The molecule has 0 unspecified atom stereocenters. The Hall–Kier alpha value is -2.09. The van der Waals surface area contributed by atoms with Crippen LogP contribution in [0.3, 0.4) is 0 Å². The number of rotatable bonds is 6. The molecule has 8 heteroatoms. The monoisotopic (exact) mass is 345 g/mol. The van der Waals surface area contributed by atoms with Crippen molar-refractivity contribution < 1.29 is 23.9 Å². The molecule has 108 valence electrons. The van der Waals surface area contributed by atoms with Crippen molar-refractivity contribution >= 4 is 28.0 Å². The molecule has 0 aliphatic carbocycles. The second-order valence-electron chi connectivity index (χ2n) is 3.49. The van der Waals surface area contributed by atoms with Gasteiger partial charge in [0.1, 0.15) is 0 Å². The van der Waals surface area contributed by atoms with E-state index in [-0.39, 0.29) is 6.61 Å². The van der Waals surface area contributed by atoms with Crippen molar-refractivity contribution in [2.45, 2.75) is 0 Å². The van der Waals surface area contributed by atoms with Crippen LogP contribution < -0.4 is 9.47 Å². The molecule has 0 amide bonds. The van der Waals surface area contributed by atoms with Gasteiger partial charge in [0.15, 0.2) is 18.1 Å². The molecule has 0 N–H and O–H groups in total. The Morgan fingerprint density at radius 1 is 1.40 bits per heavy atom. The van der Waals surface area contributed by atoms with E-state index >= 15 is 0 Å². The zero-order valence-electron chi connectivity index (χ0n) is 10.8. The highest BCUT2D eigenvalue weighted by Crippen LogP contribution is 2.34. The summed E-state index contributed by atoms with van der Waals surface area (Å²) in [6.07, 6.45) is 2.13.